The van der Waals surface area contributed by atoms with Crippen molar-refractivity contribution in [1.82, 2.24) is 15.1 Å². The second kappa shape index (κ2) is 7.28. The highest BCUT2D eigenvalue weighted by Crippen LogP contribution is 2.26. The Bertz CT molecular complexity index is 1100. The third kappa shape index (κ3) is 4.03. The zero-order valence-corrected chi connectivity index (χ0v) is 15.8. The van der Waals surface area contributed by atoms with E-state index in [1.165, 1.54) is 22.5 Å². The Labute approximate surface area is 160 Å². The molecule has 0 saturated heterocycles. The van der Waals surface area contributed by atoms with Crippen molar-refractivity contribution < 1.29 is 9.32 Å². The van der Waals surface area contributed by atoms with Gasteiger partial charge >= 0.3 is 0 Å². The Morgan fingerprint density at radius 2 is 1.85 bits per heavy atom. The molecule has 0 unspecified atom stereocenters. The molecule has 27 heavy (non-hydrogen) atoms. The quantitative estimate of drug-likeness (QED) is 0.552. The molecule has 2 aromatic heterocycles. The first kappa shape index (κ1) is 17.4. The van der Waals surface area contributed by atoms with Crippen LogP contribution >= 0.6 is 11.3 Å². The van der Waals surface area contributed by atoms with Crippen LogP contribution in [0.1, 0.15) is 23.4 Å². The third-order valence-corrected chi connectivity index (χ3v) is 5.07. The zero-order chi connectivity index (χ0) is 18.8. The SMILES string of the molecule is Cc1ccc(-c2noc(CCC(=O)Nc3nc4ccc(C)cc4s3)n2)cc1. The molecule has 0 saturated carbocycles. The first-order valence-corrected chi connectivity index (χ1v) is 9.45. The van der Waals surface area contributed by atoms with Gasteiger partial charge in [0.1, 0.15) is 0 Å². The maximum atomic E-state index is 12.2. The van der Waals surface area contributed by atoms with Crippen LogP contribution in [0.2, 0.25) is 0 Å². The average molecular weight is 378 g/mol. The predicted octanol–water partition coefficient (Wildman–Crippen LogP) is 4.53. The number of carbonyl (C=O) groups is 1. The highest BCUT2D eigenvalue weighted by Gasteiger charge is 2.12. The number of thiazole rings is 1. The molecule has 1 N–H and O–H groups in total. The smallest absolute Gasteiger partial charge is 0.227 e. The number of nitrogens with zero attached hydrogens (tertiary/aromatic N) is 3. The summed E-state index contributed by atoms with van der Waals surface area (Å²) < 4.78 is 6.32. The fourth-order valence-corrected chi connectivity index (χ4v) is 3.64. The normalized spacial score (nSPS) is 11.0. The van der Waals surface area contributed by atoms with Gasteiger partial charge in [0.05, 0.1) is 10.2 Å². The van der Waals surface area contributed by atoms with Gasteiger partial charge in [-0.15, -0.1) is 0 Å². The van der Waals surface area contributed by atoms with Crippen molar-refractivity contribution in [2.75, 3.05) is 5.32 Å². The maximum Gasteiger partial charge on any atom is 0.227 e. The highest BCUT2D eigenvalue weighted by molar-refractivity contribution is 7.22. The van der Waals surface area contributed by atoms with Gasteiger partial charge in [-0.05, 0) is 31.5 Å². The van der Waals surface area contributed by atoms with E-state index in [0.29, 0.717) is 23.3 Å². The number of rotatable bonds is 5. The van der Waals surface area contributed by atoms with Crippen LogP contribution in [0, 0.1) is 13.8 Å². The Balaban J connectivity index is 1.36. The molecule has 6 nitrogen and oxygen atoms in total. The van der Waals surface area contributed by atoms with Crippen LogP contribution in [0.3, 0.4) is 0 Å². The summed E-state index contributed by atoms with van der Waals surface area (Å²) in [5, 5.41) is 7.43. The number of aryl methyl sites for hydroxylation is 3. The molecule has 2 heterocycles. The van der Waals surface area contributed by atoms with E-state index < -0.39 is 0 Å². The van der Waals surface area contributed by atoms with Crippen molar-refractivity contribution in [2.45, 2.75) is 26.7 Å². The summed E-state index contributed by atoms with van der Waals surface area (Å²) in [7, 11) is 0. The van der Waals surface area contributed by atoms with E-state index in [4.69, 9.17) is 4.52 Å². The van der Waals surface area contributed by atoms with Crippen LogP contribution in [-0.4, -0.2) is 21.0 Å². The fraction of sp³-hybridized carbons (Fsp3) is 0.200. The summed E-state index contributed by atoms with van der Waals surface area (Å²) in [6.45, 7) is 4.06. The largest absolute Gasteiger partial charge is 0.339 e. The van der Waals surface area contributed by atoms with Gasteiger partial charge in [-0.3, -0.25) is 4.79 Å². The summed E-state index contributed by atoms with van der Waals surface area (Å²) in [5.41, 5.74) is 4.12. The predicted molar refractivity (Wildman–Crippen MR) is 106 cm³/mol. The van der Waals surface area contributed by atoms with Gasteiger partial charge in [-0.2, -0.15) is 4.98 Å². The van der Waals surface area contributed by atoms with Gasteiger partial charge in [-0.25, -0.2) is 4.98 Å². The molecule has 0 radical (unpaired) electrons. The lowest BCUT2D eigenvalue weighted by Gasteiger charge is -1.98. The summed E-state index contributed by atoms with van der Waals surface area (Å²) in [5.74, 6) is 0.855. The number of anilines is 1. The molecule has 1 amide bonds. The van der Waals surface area contributed by atoms with Gasteiger partial charge in [0.25, 0.3) is 0 Å². The first-order chi connectivity index (χ1) is 13.1. The van der Waals surface area contributed by atoms with Gasteiger partial charge in [-0.1, -0.05) is 52.4 Å². The molecule has 0 aliphatic rings. The second-order valence-electron chi connectivity index (χ2n) is 6.42. The third-order valence-electron chi connectivity index (χ3n) is 4.13. The van der Waals surface area contributed by atoms with Crippen molar-refractivity contribution in [3.05, 3.63) is 59.5 Å². The molecule has 0 fully saturated rings. The molecule has 0 bridgehead atoms. The summed E-state index contributed by atoms with van der Waals surface area (Å²) in [4.78, 5) is 21.0. The van der Waals surface area contributed by atoms with Crippen LogP contribution in [0.4, 0.5) is 5.13 Å². The van der Waals surface area contributed by atoms with E-state index in [1.54, 1.807) is 0 Å². The lowest BCUT2D eigenvalue weighted by molar-refractivity contribution is -0.116. The van der Waals surface area contributed by atoms with E-state index in [2.05, 4.69) is 26.5 Å². The van der Waals surface area contributed by atoms with Crippen LogP contribution in [-0.2, 0) is 11.2 Å². The van der Waals surface area contributed by atoms with E-state index in [-0.39, 0.29) is 12.3 Å². The maximum absolute atomic E-state index is 12.2. The number of carbonyl (C=O) groups excluding carboxylic acids is 1. The van der Waals surface area contributed by atoms with Crippen molar-refractivity contribution >= 4 is 32.6 Å². The second-order valence-corrected chi connectivity index (χ2v) is 7.45. The van der Waals surface area contributed by atoms with Crippen LogP contribution in [0.25, 0.3) is 21.6 Å². The van der Waals surface area contributed by atoms with Gasteiger partial charge in [0.15, 0.2) is 5.13 Å². The van der Waals surface area contributed by atoms with Gasteiger partial charge < -0.3 is 9.84 Å². The monoisotopic (exact) mass is 378 g/mol. The van der Waals surface area contributed by atoms with Crippen molar-refractivity contribution in [3.63, 3.8) is 0 Å². The van der Waals surface area contributed by atoms with Crippen LogP contribution < -0.4 is 5.32 Å². The molecular formula is C20H18N4O2S. The van der Waals surface area contributed by atoms with E-state index >= 15 is 0 Å². The highest BCUT2D eigenvalue weighted by atomic mass is 32.1. The number of amides is 1. The Hall–Kier alpha value is -3.06. The van der Waals surface area contributed by atoms with E-state index in [1.807, 2.05) is 50.2 Å². The number of benzene rings is 2. The van der Waals surface area contributed by atoms with Gasteiger partial charge in [0, 0.05) is 18.4 Å². The molecule has 7 heteroatoms. The summed E-state index contributed by atoms with van der Waals surface area (Å²) in [6, 6.07) is 13.9. The molecule has 136 valence electrons. The zero-order valence-electron chi connectivity index (χ0n) is 15.0. The van der Waals surface area contributed by atoms with Crippen LogP contribution in [0.15, 0.2) is 47.0 Å². The van der Waals surface area contributed by atoms with Crippen molar-refractivity contribution in [1.29, 1.82) is 0 Å². The minimum Gasteiger partial charge on any atom is -0.339 e. The van der Waals surface area contributed by atoms with Crippen molar-refractivity contribution in [3.8, 4) is 11.4 Å². The Morgan fingerprint density at radius 1 is 1.07 bits per heavy atom. The summed E-state index contributed by atoms with van der Waals surface area (Å²) in [6.07, 6.45) is 0.638. The summed E-state index contributed by atoms with van der Waals surface area (Å²) >= 11 is 1.47. The number of hydrogen-bond acceptors (Lipinski definition) is 6. The number of fused-ring (bicyclic) bond motifs is 1. The van der Waals surface area contributed by atoms with Crippen LogP contribution in [0.5, 0.6) is 0 Å². The molecule has 2 aromatic carbocycles. The number of hydrogen-bond donors (Lipinski definition) is 1. The lowest BCUT2D eigenvalue weighted by Crippen LogP contribution is -2.12. The Morgan fingerprint density at radius 3 is 2.67 bits per heavy atom. The molecule has 4 rings (SSSR count). The molecular weight excluding hydrogens is 360 g/mol. The molecule has 0 aliphatic carbocycles. The molecule has 4 aromatic rings. The lowest BCUT2D eigenvalue weighted by atomic mass is 10.1. The van der Waals surface area contributed by atoms with Crippen molar-refractivity contribution in [2.24, 2.45) is 0 Å². The molecule has 0 spiro atoms. The minimum atomic E-state index is -0.124. The minimum absolute atomic E-state index is 0.124. The standard InChI is InChI=1S/C20H18N4O2S/c1-12-3-6-14(7-4-12)19-23-18(26-24-19)10-9-17(25)22-20-21-15-8-5-13(2)11-16(15)27-20/h3-8,11H,9-10H2,1-2H3,(H,21,22,25). The fourth-order valence-electron chi connectivity index (χ4n) is 2.66. The first-order valence-electron chi connectivity index (χ1n) is 8.63. The average Bonchev–Trinajstić information content (AvgIpc) is 3.26. The topological polar surface area (TPSA) is 80.9 Å². The molecule has 0 aliphatic heterocycles. The number of aromatic nitrogens is 3. The van der Waals surface area contributed by atoms with E-state index in [9.17, 15) is 4.79 Å². The molecule has 0 atom stereocenters. The Kier molecular flexibility index (Phi) is 4.68. The number of nitrogens with one attached hydrogen (secondary N) is 1. The van der Waals surface area contributed by atoms with E-state index in [0.717, 1.165) is 15.8 Å². The van der Waals surface area contributed by atoms with Gasteiger partial charge in [0.2, 0.25) is 17.6 Å².